The number of hydrogen-bond acceptors (Lipinski definition) is 5. The van der Waals surface area contributed by atoms with Crippen molar-refractivity contribution in [2.24, 2.45) is 7.05 Å². The topological polar surface area (TPSA) is 86.1 Å². The molecular formula is C13H18N4O3. The Bertz CT molecular complexity index is 589. The summed E-state index contributed by atoms with van der Waals surface area (Å²) in [6.45, 7) is 3.62. The van der Waals surface area contributed by atoms with E-state index in [0.717, 1.165) is 18.6 Å². The van der Waals surface area contributed by atoms with Crippen LogP contribution in [0.4, 0.5) is 11.5 Å². The molecule has 0 unspecified atom stereocenters. The summed E-state index contributed by atoms with van der Waals surface area (Å²) < 4.78 is 6.78. The Kier molecular flexibility index (Phi) is 4.07. The van der Waals surface area contributed by atoms with Gasteiger partial charge in [0.25, 0.3) is 0 Å². The van der Waals surface area contributed by atoms with Crippen molar-refractivity contribution >= 4 is 11.5 Å². The summed E-state index contributed by atoms with van der Waals surface area (Å²) in [5.41, 5.74) is 0.454. The molecule has 0 aliphatic rings. The highest BCUT2D eigenvalue weighted by atomic mass is 16.6. The number of hydrogen-bond donors (Lipinski definition) is 1. The number of aromatic nitrogens is 2. The molecule has 7 heteroatoms. The van der Waals surface area contributed by atoms with E-state index >= 15 is 0 Å². The van der Waals surface area contributed by atoms with Crippen molar-refractivity contribution in [2.75, 3.05) is 5.32 Å². The number of aryl methyl sites for hydroxylation is 3. The van der Waals surface area contributed by atoms with Gasteiger partial charge in [-0.1, -0.05) is 0 Å². The van der Waals surface area contributed by atoms with E-state index in [4.69, 9.17) is 4.42 Å². The van der Waals surface area contributed by atoms with Crippen LogP contribution in [0.15, 0.2) is 22.8 Å². The average Bonchev–Trinajstić information content (AvgIpc) is 2.96. The first-order valence-corrected chi connectivity index (χ1v) is 6.46. The van der Waals surface area contributed by atoms with E-state index in [0.29, 0.717) is 11.5 Å². The Morgan fingerprint density at radius 1 is 1.60 bits per heavy atom. The van der Waals surface area contributed by atoms with E-state index in [1.54, 1.807) is 20.2 Å². The lowest BCUT2D eigenvalue weighted by molar-refractivity contribution is -0.384. The normalized spacial score (nSPS) is 12.3. The molecule has 0 aliphatic heterocycles. The van der Waals surface area contributed by atoms with Crippen molar-refractivity contribution < 1.29 is 9.34 Å². The zero-order chi connectivity index (χ0) is 14.7. The standard InChI is InChI=1S/C13H18N4O3/c1-9(6-7-11-5-4-8-20-11)14-13-12(17(18)19)10(2)15-16(13)3/h4-5,8-9,14H,6-7H2,1-3H3/t9-/m1/s1. The lowest BCUT2D eigenvalue weighted by Crippen LogP contribution is -2.18. The summed E-state index contributed by atoms with van der Waals surface area (Å²) >= 11 is 0. The Morgan fingerprint density at radius 2 is 2.35 bits per heavy atom. The summed E-state index contributed by atoms with van der Waals surface area (Å²) in [6, 6.07) is 3.85. The van der Waals surface area contributed by atoms with Crippen LogP contribution in [0.3, 0.4) is 0 Å². The molecule has 0 amide bonds. The summed E-state index contributed by atoms with van der Waals surface area (Å²) in [5.74, 6) is 1.36. The fourth-order valence-corrected chi connectivity index (χ4v) is 2.15. The van der Waals surface area contributed by atoms with Gasteiger partial charge in [0.15, 0.2) is 0 Å². The minimum absolute atomic E-state index is 0.0392. The van der Waals surface area contributed by atoms with Gasteiger partial charge in [-0.05, 0) is 32.4 Å². The molecule has 0 aliphatic carbocycles. The van der Waals surface area contributed by atoms with E-state index < -0.39 is 4.92 Å². The fourth-order valence-electron chi connectivity index (χ4n) is 2.15. The van der Waals surface area contributed by atoms with Crippen LogP contribution in [0.2, 0.25) is 0 Å². The van der Waals surface area contributed by atoms with Gasteiger partial charge in [0.05, 0.1) is 11.2 Å². The molecule has 0 saturated heterocycles. The highest BCUT2D eigenvalue weighted by Crippen LogP contribution is 2.28. The molecule has 1 atom stereocenters. The third-order valence-electron chi connectivity index (χ3n) is 3.16. The first-order chi connectivity index (χ1) is 9.49. The maximum absolute atomic E-state index is 11.1. The van der Waals surface area contributed by atoms with E-state index in [2.05, 4.69) is 10.4 Å². The zero-order valence-electron chi connectivity index (χ0n) is 11.8. The van der Waals surface area contributed by atoms with Gasteiger partial charge >= 0.3 is 5.69 Å². The van der Waals surface area contributed by atoms with Crippen LogP contribution in [-0.2, 0) is 13.5 Å². The molecular weight excluding hydrogens is 260 g/mol. The predicted octanol–water partition coefficient (Wildman–Crippen LogP) is 2.66. The Balaban J connectivity index is 2.04. The molecule has 0 aromatic carbocycles. The molecule has 1 N–H and O–H groups in total. The second-order valence-corrected chi connectivity index (χ2v) is 4.83. The van der Waals surface area contributed by atoms with Gasteiger partial charge in [0.1, 0.15) is 11.5 Å². The Labute approximate surface area is 116 Å². The van der Waals surface area contributed by atoms with Crippen LogP contribution in [-0.4, -0.2) is 20.7 Å². The van der Waals surface area contributed by atoms with Gasteiger partial charge in [0, 0.05) is 19.5 Å². The van der Waals surface area contributed by atoms with Gasteiger partial charge in [-0.25, -0.2) is 4.68 Å². The molecule has 2 aromatic rings. The first kappa shape index (κ1) is 14.1. The monoisotopic (exact) mass is 278 g/mol. The van der Waals surface area contributed by atoms with Gasteiger partial charge in [-0.2, -0.15) is 5.10 Å². The van der Waals surface area contributed by atoms with Crippen LogP contribution >= 0.6 is 0 Å². The highest BCUT2D eigenvalue weighted by Gasteiger charge is 2.24. The van der Waals surface area contributed by atoms with Crippen molar-refractivity contribution in [1.82, 2.24) is 9.78 Å². The van der Waals surface area contributed by atoms with E-state index in [1.165, 1.54) is 4.68 Å². The number of furan rings is 1. The third kappa shape index (κ3) is 2.98. The Hall–Kier alpha value is -2.31. The first-order valence-electron chi connectivity index (χ1n) is 6.46. The number of nitrogens with one attached hydrogen (secondary N) is 1. The quantitative estimate of drug-likeness (QED) is 0.648. The zero-order valence-corrected chi connectivity index (χ0v) is 11.8. The maximum atomic E-state index is 11.1. The fraction of sp³-hybridized carbons (Fsp3) is 0.462. The number of nitrogens with zero attached hydrogens (tertiary/aromatic N) is 3. The molecule has 20 heavy (non-hydrogen) atoms. The third-order valence-corrected chi connectivity index (χ3v) is 3.16. The lowest BCUT2D eigenvalue weighted by atomic mass is 10.1. The lowest BCUT2D eigenvalue weighted by Gasteiger charge is -2.13. The van der Waals surface area contributed by atoms with Crippen molar-refractivity contribution in [3.63, 3.8) is 0 Å². The molecule has 2 rings (SSSR count). The number of nitro groups is 1. The van der Waals surface area contributed by atoms with Crippen LogP contribution < -0.4 is 5.32 Å². The minimum Gasteiger partial charge on any atom is -0.469 e. The van der Waals surface area contributed by atoms with Crippen LogP contribution in [0.25, 0.3) is 0 Å². The summed E-state index contributed by atoms with van der Waals surface area (Å²) in [4.78, 5) is 10.7. The molecule has 7 nitrogen and oxygen atoms in total. The summed E-state index contributed by atoms with van der Waals surface area (Å²) in [5, 5.41) is 18.3. The summed E-state index contributed by atoms with van der Waals surface area (Å²) in [7, 11) is 1.70. The van der Waals surface area contributed by atoms with Gasteiger partial charge < -0.3 is 9.73 Å². The van der Waals surface area contributed by atoms with Crippen LogP contribution in [0.1, 0.15) is 24.8 Å². The van der Waals surface area contributed by atoms with E-state index in [-0.39, 0.29) is 11.7 Å². The largest absolute Gasteiger partial charge is 0.469 e. The Morgan fingerprint density at radius 3 is 2.95 bits per heavy atom. The van der Waals surface area contributed by atoms with E-state index in [9.17, 15) is 10.1 Å². The van der Waals surface area contributed by atoms with Gasteiger partial charge in [-0.15, -0.1) is 0 Å². The second kappa shape index (κ2) is 5.77. The van der Waals surface area contributed by atoms with Crippen molar-refractivity contribution in [3.05, 3.63) is 40.0 Å². The highest BCUT2D eigenvalue weighted by molar-refractivity contribution is 5.59. The summed E-state index contributed by atoms with van der Waals surface area (Å²) in [6.07, 6.45) is 3.24. The minimum atomic E-state index is -0.399. The molecule has 108 valence electrons. The molecule has 2 aromatic heterocycles. The molecule has 0 radical (unpaired) electrons. The second-order valence-electron chi connectivity index (χ2n) is 4.83. The molecule has 0 saturated carbocycles. The molecule has 0 bridgehead atoms. The van der Waals surface area contributed by atoms with Crippen LogP contribution in [0.5, 0.6) is 0 Å². The average molecular weight is 278 g/mol. The molecule has 0 spiro atoms. The molecule has 0 fully saturated rings. The number of anilines is 1. The van der Waals surface area contributed by atoms with E-state index in [1.807, 2.05) is 19.1 Å². The maximum Gasteiger partial charge on any atom is 0.333 e. The van der Waals surface area contributed by atoms with Crippen LogP contribution in [0, 0.1) is 17.0 Å². The smallest absolute Gasteiger partial charge is 0.333 e. The predicted molar refractivity (Wildman–Crippen MR) is 74.7 cm³/mol. The van der Waals surface area contributed by atoms with Crippen molar-refractivity contribution in [2.45, 2.75) is 32.7 Å². The van der Waals surface area contributed by atoms with Crippen molar-refractivity contribution in [1.29, 1.82) is 0 Å². The van der Waals surface area contributed by atoms with Crippen molar-refractivity contribution in [3.8, 4) is 0 Å². The number of rotatable bonds is 6. The van der Waals surface area contributed by atoms with Gasteiger partial charge in [-0.3, -0.25) is 10.1 Å². The van der Waals surface area contributed by atoms with Gasteiger partial charge in [0.2, 0.25) is 5.82 Å². The SMILES string of the molecule is Cc1nn(C)c(N[C@H](C)CCc2ccco2)c1[N+](=O)[O-]. The molecule has 2 heterocycles.